The summed E-state index contributed by atoms with van der Waals surface area (Å²) in [6.07, 6.45) is 1.71. The van der Waals surface area contributed by atoms with E-state index in [1.54, 1.807) is 12.3 Å². The molecule has 1 aromatic rings. The van der Waals surface area contributed by atoms with Gasteiger partial charge in [-0.3, -0.25) is 4.79 Å². The Morgan fingerprint density at radius 1 is 1.73 bits per heavy atom. The summed E-state index contributed by atoms with van der Waals surface area (Å²) >= 11 is 0. The Hall–Kier alpha value is -1.62. The third kappa shape index (κ3) is 1.78. The van der Waals surface area contributed by atoms with Crippen molar-refractivity contribution in [3.05, 3.63) is 18.3 Å². The number of fused-ring (bicyclic) bond motifs is 1. The van der Waals surface area contributed by atoms with E-state index in [0.717, 1.165) is 11.5 Å². The Morgan fingerprint density at radius 3 is 3.27 bits per heavy atom. The molecule has 0 saturated heterocycles. The zero-order chi connectivity index (χ0) is 10.8. The lowest BCUT2D eigenvalue weighted by Gasteiger charge is -2.33. The lowest BCUT2D eigenvalue weighted by Crippen LogP contribution is -2.46. The lowest BCUT2D eigenvalue weighted by molar-refractivity contribution is -0.115. The molecular formula is C10H14N4O. The maximum absolute atomic E-state index is 11.4. The molecule has 3 N–H and O–H groups in total. The van der Waals surface area contributed by atoms with E-state index in [9.17, 15) is 4.79 Å². The highest BCUT2D eigenvalue weighted by molar-refractivity contribution is 6.00. The number of aromatic nitrogens is 1. The van der Waals surface area contributed by atoms with Crippen molar-refractivity contribution < 1.29 is 4.79 Å². The third-order valence-corrected chi connectivity index (χ3v) is 2.52. The summed E-state index contributed by atoms with van der Waals surface area (Å²) < 4.78 is 0. The van der Waals surface area contributed by atoms with Crippen molar-refractivity contribution in [1.29, 1.82) is 0 Å². The van der Waals surface area contributed by atoms with Crippen molar-refractivity contribution >= 4 is 17.4 Å². The van der Waals surface area contributed by atoms with E-state index in [1.165, 1.54) is 0 Å². The Morgan fingerprint density at radius 2 is 2.53 bits per heavy atom. The largest absolute Gasteiger partial charge is 0.342 e. The van der Waals surface area contributed by atoms with Crippen molar-refractivity contribution in [1.82, 2.24) is 4.98 Å². The predicted octanol–water partition coefficient (Wildman–Crippen LogP) is 0.187. The third-order valence-electron chi connectivity index (χ3n) is 2.52. The number of hydrogen-bond donors (Lipinski definition) is 2. The van der Waals surface area contributed by atoms with E-state index in [-0.39, 0.29) is 11.9 Å². The fourth-order valence-corrected chi connectivity index (χ4v) is 1.63. The van der Waals surface area contributed by atoms with Gasteiger partial charge in [0.25, 0.3) is 0 Å². The lowest BCUT2D eigenvalue weighted by atomic mass is 10.2. The summed E-state index contributed by atoms with van der Waals surface area (Å²) in [5.74, 6) is 0.783. The van der Waals surface area contributed by atoms with Gasteiger partial charge in [0.05, 0.1) is 12.2 Å². The summed E-state index contributed by atoms with van der Waals surface area (Å²) in [4.78, 5) is 17.6. The van der Waals surface area contributed by atoms with Crippen molar-refractivity contribution in [2.45, 2.75) is 13.0 Å². The topological polar surface area (TPSA) is 71.2 Å². The van der Waals surface area contributed by atoms with E-state index < -0.39 is 0 Å². The molecule has 0 bridgehead atoms. The Labute approximate surface area is 88.3 Å². The second kappa shape index (κ2) is 3.86. The molecule has 80 valence electrons. The molecule has 0 spiro atoms. The summed E-state index contributed by atoms with van der Waals surface area (Å²) in [5, 5.41) is 2.78. The van der Waals surface area contributed by atoms with Crippen LogP contribution in [0.15, 0.2) is 18.3 Å². The molecule has 0 saturated carbocycles. The van der Waals surface area contributed by atoms with Gasteiger partial charge in [-0.1, -0.05) is 0 Å². The number of pyridine rings is 1. The van der Waals surface area contributed by atoms with Gasteiger partial charge in [0.2, 0.25) is 5.91 Å². The van der Waals surface area contributed by atoms with E-state index in [1.807, 2.05) is 17.9 Å². The molecule has 1 atom stereocenters. The zero-order valence-corrected chi connectivity index (χ0v) is 8.60. The first kappa shape index (κ1) is 9.92. The van der Waals surface area contributed by atoms with Gasteiger partial charge in [-0.2, -0.15) is 0 Å². The van der Waals surface area contributed by atoms with Crippen LogP contribution in [0.2, 0.25) is 0 Å². The average molecular weight is 206 g/mol. The number of nitrogens with one attached hydrogen (secondary N) is 1. The summed E-state index contributed by atoms with van der Waals surface area (Å²) in [6, 6.07) is 3.76. The first-order valence-electron chi connectivity index (χ1n) is 4.94. The molecule has 5 nitrogen and oxygen atoms in total. The molecule has 2 rings (SSSR count). The van der Waals surface area contributed by atoms with E-state index in [4.69, 9.17) is 5.73 Å². The normalized spacial score (nSPS) is 16.9. The zero-order valence-electron chi connectivity index (χ0n) is 8.60. The number of amides is 1. The molecule has 1 aromatic heterocycles. The van der Waals surface area contributed by atoms with Crippen LogP contribution in [0.5, 0.6) is 0 Å². The Kier molecular flexibility index (Phi) is 2.55. The number of anilines is 2. The minimum Gasteiger partial charge on any atom is -0.342 e. The second-order valence-electron chi connectivity index (χ2n) is 3.64. The fourth-order valence-electron chi connectivity index (χ4n) is 1.63. The van der Waals surface area contributed by atoms with E-state index >= 15 is 0 Å². The summed E-state index contributed by atoms with van der Waals surface area (Å²) in [7, 11) is 0. The Bertz CT molecular complexity index is 379. The molecule has 0 aromatic carbocycles. The highest BCUT2D eigenvalue weighted by atomic mass is 16.2. The fraction of sp³-hybridized carbons (Fsp3) is 0.400. The Balaban J connectivity index is 2.38. The number of hydrogen-bond acceptors (Lipinski definition) is 4. The van der Waals surface area contributed by atoms with Gasteiger partial charge in [0.15, 0.2) is 5.82 Å². The van der Waals surface area contributed by atoms with Crippen LogP contribution >= 0.6 is 0 Å². The van der Waals surface area contributed by atoms with Crippen LogP contribution in [0.3, 0.4) is 0 Å². The molecule has 0 fully saturated rings. The van der Waals surface area contributed by atoms with Gasteiger partial charge in [-0.25, -0.2) is 4.98 Å². The summed E-state index contributed by atoms with van der Waals surface area (Å²) in [5.41, 5.74) is 6.36. The van der Waals surface area contributed by atoms with Crippen LogP contribution < -0.4 is 16.0 Å². The maximum Gasteiger partial charge on any atom is 0.244 e. The van der Waals surface area contributed by atoms with Crippen molar-refractivity contribution in [3.63, 3.8) is 0 Å². The minimum atomic E-state index is -0.0178. The van der Waals surface area contributed by atoms with Gasteiger partial charge in [0, 0.05) is 18.8 Å². The van der Waals surface area contributed by atoms with Crippen molar-refractivity contribution in [2.24, 2.45) is 5.73 Å². The molecule has 15 heavy (non-hydrogen) atoms. The van der Waals surface area contributed by atoms with Crippen LogP contribution in [0, 0.1) is 0 Å². The molecule has 1 amide bonds. The highest BCUT2D eigenvalue weighted by Gasteiger charge is 2.25. The number of carbonyl (C=O) groups excluding carboxylic acids is 1. The molecule has 1 aliphatic heterocycles. The standard InChI is InChI=1S/C10H14N4O/c1-7(5-11)14-6-9(15)13-8-3-2-4-12-10(8)14/h2-4,7H,5-6,11H2,1H3,(H,13,15). The van der Waals surface area contributed by atoms with Crippen LogP contribution in [0.1, 0.15) is 6.92 Å². The van der Waals surface area contributed by atoms with Crippen LogP contribution in [-0.2, 0) is 4.79 Å². The highest BCUT2D eigenvalue weighted by Crippen LogP contribution is 2.27. The second-order valence-corrected chi connectivity index (χ2v) is 3.64. The van der Waals surface area contributed by atoms with Crippen LogP contribution in [0.4, 0.5) is 11.5 Å². The van der Waals surface area contributed by atoms with E-state index in [0.29, 0.717) is 13.1 Å². The van der Waals surface area contributed by atoms with Gasteiger partial charge >= 0.3 is 0 Å². The number of nitrogens with two attached hydrogens (primary N) is 1. The van der Waals surface area contributed by atoms with Crippen molar-refractivity contribution in [2.75, 3.05) is 23.3 Å². The SMILES string of the molecule is CC(CN)N1CC(=O)Nc2cccnc21. The summed E-state index contributed by atoms with van der Waals surface area (Å²) in [6.45, 7) is 2.81. The van der Waals surface area contributed by atoms with Crippen LogP contribution in [-0.4, -0.2) is 30.0 Å². The number of rotatable bonds is 2. The molecule has 2 heterocycles. The van der Waals surface area contributed by atoms with Crippen molar-refractivity contribution in [3.8, 4) is 0 Å². The smallest absolute Gasteiger partial charge is 0.244 e. The molecule has 5 heteroatoms. The molecule has 1 unspecified atom stereocenters. The first-order valence-corrected chi connectivity index (χ1v) is 4.94. The number of nitrogens with zero attached hydrogens (tertiary/aromatic N) is 2. The molecule has 0 aliphatic carbocycles. The van der Waals surface area contributed by atoms with Gasteiger partial charge in [-0.05, 0) is 19.1 Å². The monoisotopic (exact) mass is 206 g/mol. The van der Waals surface area contributed by atoms with E-state index in [2.05, 4.69) is 10.3 Å². The van der Waals surface area contributed by atoms with Gasteiger partial charge < -0.3 is 16.0 Å². The quantitative estimate of drug-likeness (QED) is 0.724. The average Bonchev–Trinajstić information content (AvgIpc) is 2.26. The van der Waals surface area contributed by atoms with Crippen LogP contribution in [0.25, 0.3) is 0 Å². The maximum atomic E-state index is 11.4. The molecule has 1 aliphatic rings. The van der Waals surface area contributed by atoms with Gasteiger partial charge in [-0.15, -0.1) is 0 Å². The first-order chi connectivity index (χ1) is 7.22. The minimum absolute atomic E-state index is 0.0178. The molecular weight excluding hydrogens is 192 g/mol. The molecule has 0 radical (unpaired) electrons. The number of carbonyl (C=O) groups is 1. The van der Waals surface area contributed by atoms with Gasteiger partial charge in [0.1, 0.15) is 0 Å². The predicted molar refractivity (Wildman–Crippen MR) is 58.7 cm³/mol.